The zero-order valence-corrected chi connectivity index (χ0v) is 11.8. The second-order valence-electron chi connectivity index (χ2n) is 5.87. The molecular weight excluding hydrogens is 210 g/mol. The van der Waals surface area contributed by atoms with E-state index < -0.39 is 0 Å². The van der Waals surface area contributed by atoms with Crippen LogP contribution in [0.4, 0.5) is 0 Å². The fourth-order valence-corrected chi connectivity index (χ4v) is 3.23. The van der Waals surface area contributed by atoms with Gasteiger partial charge in [0.05, 0.1) is 0 Å². The Morgan fingerprint density at radius 1 is 1.24 bits per heavy atom. The smallest absolute Gasteiger partial charge is 0.0247 e. The molecule has 3 atom stereocenters. The minimum Gasteiger partial charge on any atom is -0.315 e. The molecular formula is C14H29N3. The van der Waals surface area contributed by atoms with Gasteiger partial charge in [-0.1, -0.05) is 13.8 Å². The minimum atomic E-state index is 0.763. The number of hydrogen-bond acceptors (Lipinski definition) is 3. The molecule has 0 bridgehead atoms. The van der Waals surface area contributed by atoms with Crippen LogP contribution in [0.3, 0.4) is 0 Å². The topological polar surface area (TPSA) is 18.5 Å². The molecule has 0 aromatic rings. The molecule has 0 spiro atoms. The van der Waals surface area contributed by atoms with Gasteiger partial charge in [-0.3, -0.25) is 9.80 Å². The Balaban J connectivity index is 1.81. The maximum absolute atomic E-state index is 3.55. The molecule has 2 saturated heterocycles. The predicted octanol–water partition coefficient (Wildman–Crippen LogP) is 1.40. The number of hydrogen-bond donors (Lipinski definition) is 1. The second kappa shape index (κ2) is 6.17. The third-order valence-corrected chi connectivity index (χ3v) is 4.82. The summed E-state index contributed by atoms with van der Waals surface area (Å²) >= 11 is 0. The van der Waals surface area contributed by atoms with Crippen molar-refractivity contribution in [3.63, 3.8) is 0 Å². The third kappa shape index (κ3) is 3.21. The van der Waals surface area contributed by atoms with Gasteiger partial charge in [-0.05, 0) is 32.2 Å². The Morgan fingerprint density at radius 3 is 2.53 bits per heavy atom. The first-order valence-corrected chi connectivity index (χ1v) is 7.41. The zero-order chi connectivity index (χ0) is 12.3. The van der Waals surface area contributed by atoms with Crippen LogP contribution in [0.2, 0.25) is 0 Å². The van der Waals surface area contributed by atoms with Gasteiger partial charge in [0.25, 0.3) is 0 Å². The van der Waals surface area contributed by atoms with Gasteiger partial charge in [0.15, 0.2) is 0 Å². The Labute approximate surface area is 107 Å². The number of rotatable bonds is 3. The molecule has 2 aliphatic heterocycles. The van der Waals surface area contributed by atoms with Crippen LogP contribution in [0.15, 0.2) is 0 Å². The number of nitrogens with one attached hydrogen (secondary N) is 1. The van der Waals surface area contributed by atoms with E-state index in [1.165, 1.54) is 52.1 Å². The number of piperazine rings is 1. The Hall–Kier alpha value is -0.120. The van der Waals surface area contributed by atoms with Gasteiger partial charge in [0.2, 0.25) is 0 Å². The number of nitrogens with zero attached hydrogens (tertiary/aromatic N) is 2. The van der Waals surface area contributed by atoms with Gasteiger partial charge < -0.3 is 5.32 Å². The second-order valence-corrected chi connectivity index (χ2v) is 5.87. The van der Waals surface area contributed by atoms with Crippen LogP contribution in [0, 0.1) is 5.92 Å². The molecule has 0 radical (unpaired) electrons. The maximum Gasteiger partial charge on any atom is 0.0247 e. The highest BCUT2D eigenvalue weighted by atomic mass is 15.3. The molecule has 2 aliphatic rings. The van der Waals surface area contributed by atoms with Crippen molar-refractivity contribution in [2.24, 2.45) is 5.92 Å². The van der Waals surface area contributed by atoms with Crippen LogP contribution in [0.25, 0.3) is 0 Å². The molecule has 3 nitrogen and oxygen atoms in total. The van der Waals surface area contributed by atoms with E-state index in [9.17, 15) is 0 Å². The summed E-state index contributed by atoms with van der Waals surface area (Å²) in [5.74, 6) is 0.867. The molecule has 2 heterocycles. The average molecular weight is 239 g/mol. The van der Waals surface area contributed by atoms with Crippen LogP contribution in [0.5, 0.6) is 0 Å². The van der Waals surface area contributed by atoms with Crippen molar-refractivity contribution in [1.29, 1.82) is 0 Å². The molecule has 17 heavy (non-hydrogen) atoms. The quantitative estimate of drug-likeness (QED) is 0.803. The van der Waals surface area contributed by atoms with Crippen LogP contribution < -0.4 is 5.32 Å². The van der Waals surface area contributed by atoms with Gasteiger partial charge in [-0.25, -0.2) is 0 Å². The van der Waals surface area contributed by atoms with Gasteiger partial charge in [0.1, 0.15) is 0 Å². The molecule has 0 aliphatic carbocycles. The Morgan fingerprint density at radius 2 is 1.94 bits per heavy atom. The largest absolute Gasteiger partial charge is 0.315 e. The minimum absolute atomic E-state index is 0.763. The van der Waals surface area contributed by atoms with Gasteiger partial charge in [-0.15, -0.1) is 0 Å². The first kappa shape index (κ1) is 13.3. The van der Waals surface area contributed by atoms with Crippen molar-refractivity contribution in [1.82, 2.24) is 15.1 Å². The third-order valence-electron chi connectivity index (χ3n) is 4.82. The highest BCUT2D eigenvalue weighted by Crippen LogP contribution is 2.20. The Bertz CT molecular complexity index is 224. The molecule has 3 heteroatoms. The van der Waals surface area contributed by atoms with E-state index in [1.807, 2.05) is 0 Å². The summed E-state index contributed by atoms with van der Waals surface area (Å²) < 4.78 is 0. The van der Waals surface area contributed by atoms with E-state index in [2.05, 4.69) is 35.9 Å². The van der Waals surface area contributed by atoms with Crippen molar-refractivity contribution < 1.29 is 0 Å². The van der Waals surface area contributed by atoms with Gasteiger partial charge in [0, 0.05) is 44.8 Å². The van der Waals surface area contributed by atoms with Crippen molar-refractivity contribution in [2.45, 2.75) is 45.7 Å². The molecule has 2 fully saturated rings. The van der Waals surface area contributed by atoms with Crippen molar-refractivity contribution in [3.8, 4) is 0 Å². The lowest BCUT2D eigenvalue weighted by Crippen LogP contribution is -2.57. The SMILES string of the molecule is CCC(C)N1CCN(C2CNCCC2C)CC1. The summed E-state index contributed by atoms with van der Waals surface area (Å²) in [4.78, 5) is 5.37. The maximum atomic E-state index is 3.55. The highest BCUT2D eigenvalue weighted by molar-refractivity contribution is 4.87. The Kier molecular flexibility index (Phi) is 4.83. The lowest BCUT2D eigenvalue weighted by Gasteiger charge is -2.44. The molecule has 0 aromatic heterocycles. The first-order chi connectivity index (χ1) is 8.22. The van der Waals surface area contributed by atoms with Crippen LogP contribution in [0.1, 0.15) is 33.6 Å². The molecule has 0 amide bonds. The van der Waals surface area contributed by atoms with Crippen LogP contribution in [-0.2, 0) is 0 Å². The lowest BCUT2D eigenvalue weighted by atomic mass is 9.93. The van der Waals surface area contributed by atoms with Crippen LogP contribution >= 0.6 is 0 Å². The molecule has 0 aromatic carbocycles. The predicted molar refractivity (Wildman–Crippen MR) is 73.3 cm³/mol. The standard InChI is InChI=1S/C14H29N3/c1-4-13(3)16-7-9-17(10-8-16)14-11-15-6-5-12(14)2/h12-15H,4-11H2,1-3H3. The summed E-state index contributed by atoms with van der Waals surface area (Å²) in [6.07, 6.45) is 2.62. The van der Waals surface area contributed by atoms with Gasteiger partial charge >= 0.3 is 0 Å². The summed E-state index contributed by atoms with van der Waals surface area (Å²) in [6, 6.07) is 1.54. The molecule has 3 unspecified atom stereocenters. The first-order valence-electron chi connectivity index (χ1n) is 7.41. The van der Waals surface area contributed by atoms with E-state index in [1.54, 1.807) is 0 Å². The van der Waals surface area contributed by atoms with E-state index in [-0.39, 0.29) is 0 Å². The molecule has 1 N–H and O–H groups in total. The van der Waals surface area contributed by atoms with Crippen LogP contribution in [-0.4, -0.2) is 61.2 Å². The fraction of sp³-hybridized carbons (Fsp3) is 1.00. The van der Waals surface area contributed by atoms with E-state index in [0.29, 0.717) is 0 Å². The van der Waals surface area contributed by atoms with E-state index >= 15 is 0 Å². The van der Waals surface area contributed by atoms with Crippen molar-refractivity contribution >= 4 is 0 Å². The summed E-state index contributed by atoms with van der Waals surface area (Å²) in [6.45, 7) is 14.5. The monoisotopic (exact) mass is 239 g/mol. The average Bonchev–Trinajstić information content (AvgIpc) is 2.39. The molecule has 2 rings (SSSR count). The summed E-state index contributed by atoms with van der Waals surface area (Å²) in [7, 11) is 0. The summed E-state index contributed by atoms with van der Waals surface area (Å²) in [5, 5.41) is 3.55. The van der Waals surface area contributed by atoms with Crippen molar-refractivity contribution in [3.05, 3.63) is 0 Å². The van der Waals surface area contributed by atoms with E-state index in [0.717, 1.165) is 18.0 Å². The lowest BCUT2D eigenvalue weighted by molar-refractivity contribution is 0.0454. The summed E-state index contributed by atoms with van der Waals surface area (Å²) in [5.41, 5.74) is 0. The fourth-order valence-electron chi connectivity index (χ4n) is 3.23. The molecule has 100 valence electrons. The number of piperidine rings is 1. The zero-order valence-electron chi connectivity index (χ0n) is 11.8. The highest BCUT2D eigenvalue weighted by Gasteiger charge is 2.30. The van der Waals surface area contributed by atoms with E-state index in [4.69, 9.17) is 0 Å². The van der Waals surface area contributed by atoms with Gasteiger partial charge in [-0.2, -0.15) is 0 Å². The van der Waals surface area contributed by atoms with Crippen molar-refractivity contribution in [2.75, 3.05) is 39.3 Å². The molecule has 0 saturated carbocycles. The normalized spacial score (nSPS) is 34.8.